The molecule has 1 aromatic heterocycles. The fourth-order valence-electron chi connectivity index (χ4n) is 1.60. The standard InChI is InChI=1S/C12H16N4O/c1-12(2,8-17)16-11(7-14-15-16)9-3-5-10(13)6-4-9/h3-7,17H,8,13H2,1-2H3. The Morgan fingerprint density at radius 2 is 1.94 bits per heavy atom. The molecule has 2 aromatic rings. The Labute approximate surface area is 99.9 Å². The monoisotopic (exact) mass is 232 g/mol. The van der Waals surface area contributed by atoms with E-state index in [0.29, 0.717) is 5.69 Å². The predicted octanol–water partition coefficient (Wildman–Crippen LogP) is 1.25. The smallest absolute Gasteiger partial charge is 0.0893 e. The molecule has 0 aliphatic carbocycles. The molecular formula is C12H16N4O. The van der Waals surface area contributed by atoms with Crippen LogP contribution in [0.1, 0.15) is 13.8 Å². The lowest BCUT2D eigenvalue weighted by Crippen LogP contribution is -2.32. The van der Waals surface area contributed by atoms with Crippen LogP contribution in [-0.4, -0.2) is 26.7 Å². The minimum Gasteiger partial charge on any atom is -0.399 e. The van der Waals surface area contributed by atoms with E-state index in [2.05, 4.69) is 10.3 Å². The topological polar surface area (TPSA) is 77.0 Å². The van der Waals surface area contributed by atoms with E-state index in [4.69, 9.17) is 5.73 Å². The number of hydrogen-bond acceptors (Lipinski definition) is 4. The molecule has 2 rings (SSSR count). The van der Waals surface area contributed by atoms with E-state index in [1.807, 2.05) is 38.1 Å². The summed E-state index contributed by atoms with van der Waals surface area (Å²) in [6.45, 7) is 3.81. The van der Waals surface area contributed by atoms with Crippen LogP contribution in [0.5, 0.6) is 0 Å². The molecule has 1 heterocycles. The number of anilines is 1. The SMILES string of the molecule is CC(C)(CO)n1nncc1-c1ccc(N)cc1. The summed E-state index contributed by atoms with van der Waals surface area (Å²) in [4.78, 5) is 0. The van der Waals surface area contributed by atoms with Gasteiger partial charge in [-0.05, 0) is 26.0 Å². The van der Waals surface area contributed by atoms with E-state index in [1.54, 1.807) is 10.9 Å². The Bertz CT molecular complexity index is 501. The van der Waals surface area contributed by atoms with Crippen molar-refractivity contribution in [1.82, 2.24) is 15.0 Å². The molecule has 17 heavy (non-hydrogen) atoms. The van der Waals surface area contributed by atoms with Crippen LogP contribution in [0, 0.1) is 0 Å². The number of rotatable bonds is 3. The van der Waals surface area contributed by atoms with Crippen LogP contribution in [0.2, 0.25) is 0 Å². The third-order valence-corrected chi connectivity index (χ3v) is 2.72. The van der Waals surface area contributed by atoms with Crippen LogP contribution in [-0.2, 0) is 5.54 Å². The van der Waals surface area contributed by atoms with Crippen LogP contribution in [0.3, 0.4) is 0 Å². The van der Waals surface area contributed by atoms with Crippen LogP contribution < -0.4 is 5.73 Å². The highest BCUT2D eigenvalue weighted by atomic mass is 16.3. The summed E-state index contributed by atoms with van der Waals surface area (Å²) < 4.78 is 1.72. The number of nitrogens with two attached hydrogens (primary N) is 1. The van der Waals surface area contributed by atoms with Gasteiger partial charge in [0.25, 0.3) is 0 Å². The zero-order valence-electron chi connectivity index (χ0n) is 9.96. The molecule has 0 aliphatic heterocycles. The van der Waals surface area contributed by atoms with Crippen LogP contribution in [0.15, 0.2) is 30.5 Å². The van der Waals surface area contributed by atoms with Gasteiger partial charge < -0.3 is 10.8 Å². The highest BCUT2D eigenvalue weighted by molar-refractivity contribution is 5.61. The third kappa shape index (κ3) is 2.14. The largest absolute Gasteiger partial charge is 0.399 e. The lowest BCUT2D eigenvalue weighted by Gasteiger charge is -2.24. The van der Waals surface area contributed by atoms with Gasteiger partial charge in [-0.25, -0.2) is 4.68 Å². The fourth-order valence-corrected chi connectivity index (χ4v) is 1.60. The summed E-state index contributed by atoms with van der Waals surface area (Å²) in [5.74, 6) is 0. The van der Waals surface area contributed by atoms with Crippen molar-refractivity contribution in [3.05, 3.63) is 30.5 Å². The molecule has 3 N–H and O–H groups in total. The maximum absolute atomic E-state index is 9.37. The van der Waals surface area contributed by atoms with Crippen molar-refractivity contribution in [3.63, 3.8) is 0 Å². The summed E-state index contributed by atoms with van der Waals surface area (Å²) in [5, 5.41) is 17.3. The first-order chi connectivity index (χ1) is 8.04. The average molecular weight is 232 g/mol. The second kappa shape index (κ2) is 4.18. The minimum absolute atomic E-state index is 0.00165. The normalized spacial score (nSPS) is 11.7. The van der Waals surface area contributed by atoms with E-state index in [1.165, 1.54) is 0 Å². The van der Waals surface area contributed by atoms with Gasteiger partial charge in [0.1, 0.15) is 0 Å². The van der Waals surface area contributed by atoms with Crippen LogP contribution in [0.4, 0.5) is 5.69 Å². The molecule has 0 atom stereocenters. The molecule has 0 bridgehead atoms. The van der Waals surface area contributed by atoms with Crippen molar-refractivity contribution in [2.75, 3.05) is 12.3 Å². The molecule has 0 amide bonds. The number of aromatic nitrogens is 3. The molecule has 0 unspecified atom stereocenters. The molecule has 0 aliphatic rings. The molecular weight excluding hydrogens is 216 g/mol. The first kappa shape index (κ1) is 11.6. The quantitative estimate of drug-likeness (QED) is 0.781. The molecule has 0 radical (unpaired) electrons. The van der Waals surface area contributed by atoms with Gasteiger partial charge in [0.15, 0.2) is 0 Å². The summed E-state index contributed by atoms with van der Waals surface area (Å²) >= 11 is 0. The Morgan fingerprint density at radius 1 is 1.29 bits per heavy atom. The molecule has 5 nitrogen and oxygen atoms in total. The van der Waals surface area contributed by atoms with Gasteiger partial charge in [-0.2, -0.15) is 0 Å². The van der Waals surface area contributed by atoms with Crippen molar-refractivity contribution in [2.45, 2.75) is 19.4 Å². The summed E-state index contributed by atoms with van der Waals surface area (Å²) in [6, 6.07) is 7.49. The first-order valence-corrected chi connectivity index (χ1v) is 5.42. The zero-order valence-corrected chi connectivity index (χ0v) is 9.96. The number of nitrogens with zero attached hydrogens (tertiary/aromatic N) is 3. The Hall–Kier alpha value is -1.88. The fraction of sp³-hybridized carbons (Fsp3) is 0.333. The molecule has 0 fully saturated rings. The van der Waals surface area contributed by atoms with E-state index < -0.39 is 5.54 Å². The summed E-state index contributed by atoms with van der Waals surface area (Å²) in [5.41, 5.74) is 7.73. The van der Waals surface area contributed by atoms with Crippen molar-refractivity contribution in [1.29, 1.82) is 0 Å². The van der Waals surface area contributed by atoms with Gasteiger partial charge in [0.05, 0.1) is 24.0 Å². The lowest BCUT2D eigenvalue weighted by molar-refractivity contribution is 0.151. The van der Waals surface area contributed by atoms with Crippen molar-refractivity contribution >= 4 is 5.69 Å². The maximum atomic E-state index is 9.37. The second-order valence-electron chi connectivity index (χ2n) is 4.62. The summed E-state index contributed by atoms with van der Waals surface area (Å²) in [7, 11) is 0. The second-order valence-corrected chi connectivity index (χ2v) is 4.62. The molecule has 5 heteroatoms. The van der Waals surface area contributed by atoms with Crippen molar-refractivity contribution in [3.8, 4) is 11.3 Å². The van der Waals surface area contributed by atoms with E-state index in [-0.39, 0.29) is 6.61 Å². The van der Waals surface area contributed by atoms with E-state index >= 15 is 0 Å². The maximum Gasteiger partial charge on any atom is 0.0893 e. The first-order valence-electron chi connectivity index (χ1n) is 5.42. The molecule has 1 aromatic carbocycles. The molecule has 0 saturated heterocycles. The predicted molar refractivity (Wildman–Crippen MR) is 66.3 cm³/mol. The lowest BCUT2D eigenvalue weighted by atomic mass is 10.1. The Morgan fingerprint density at radius 3 is 2.53 bits per heavy atom. The van der Waals surface area contributed by atoms with Crippen molar-refractivity contribution in [2.24, 2.45) is 0 Å². The van der Waals surface area contributed by atoms with Crippen LogP contribution in [0.25, 0.3) is 11.3 Å². The van der Waals surface area contributed by atoms with E-state index in [0.717, 1.165) is 11.3 Å². The van der Waals surface area contributed by atoms with Gasteiger partial charge in [-0.3, -0.25) is 0 Å². The van der Waals surface area contributed by atoms with Gasteiger partial charge in [-0.15, -0.1) is 5.10 Å². The van der Waals surface area contributed by atoms with E-state index in [9.17, 15) is 5.11 Å². The Kier molecular flexibility index (Phi) is 2.85. The number of aliphatic hydroxyl groups excluding tert-OH is 1. The molecule has 90 valence electrons. The highest BCUT2D eigenvalue weighted by Crippen LogP contribution is 2.24. The average Bonchev–Trinajstić information content (AvgIpc) is 2.80. The number of hydrogen-bond donors (Lipinski definition) is 2. The number of nitrogen functional groups attached to an aromatic ring is 1. The highest BCUT2D eigenvalue weighted by Gasteiger charge is 2.23. The zero-order chi connectivity index (χ0) is 12.5. The van der Waals surface area contributed by atoms with Gasteiger partial charge in [-0.1, -0.05) is 17.3 Å². The third-order valence-electron chi connectivity index (χ3n) is 2.72. The van der Waals surface area contributed by atoms with Crippen LogP contribution >= 0.6 is 0 Å². The number of aliphatic hydroxyl groups is 1. The van der Waals surface area contributed by atoms with Gasteiger partial charge in [0, 0.05) is 11.3 Å². The molecule has 0 saturated carbocycles. The summed E-state index contributed by atoms with van der Waals surface area (Å²) in [6.07, 6.45) is 1.68. The Balaban J connectivity index is 2.47. The van der Waals surface area contributed by atoms with Crippen molar-refractivity contribution < 1.29 is 5.11 Å². The van der Waals surface area contributed by atoms with Gasteiger partial charge >= 0.3 is 0 Å². The number of benzene rings is 1. The minimum atomic E-state index is -0.479. The van der Waals surface area contributed by atoms with Gasteiger partial charge in [0.2, 0.25) is 0 Å². The molecule has 0 spiro atoms.